The molecule has 0 aliphatic heterocycles. The molecule has 74 valence electrons. The van der Waals surface area contributed by atoms with Crippen LogP contribution < -0.4 is 0 Å². The summed E-state index contributed by atoms with van der Waals surface area (Å²) in [5.41, 5.74) is 4.57. The van der Waals surface area contributed by atoms with Gasteiger partial charge in [-0.05, 0) is 43.0 Å². The number of benzene rings is 1. The van der Waals surface area contributed by atoms with Crippen molar-refractivity contribution in [1.29, 1.82) is 0 Å². The molecule has 1 aliphatic carbocycles. The summed E-state index contributed by atoms with van der Waals surface area (Å²) in [6, 6.07) is 2.03. The highest BCUT2D eigenvalue weighted by molar-refractivity contribution is 9.10. The molecule has 1 aromatic carbocycles. The lowest BCUT2D eigenvalue weighted by molar-refractivity contribution is 0.0946. The van der Waals surface area contributed by atoms with Crippen molar-refractivity contribution in [2.24, 2.45) is 5.92 Å². The van der Waals surface area contributed by atoms with Gasteiger partial charge < -0.3 is 0 Å². The van der Waals surface area contributed by atoms with E-state index in [-0.39, 0.29) is 5.92 Å². The molecule has 1 aliphatic rings. The van der Waals surface area contributed by atoms with Gasteiger partial charge in [-0.25, -0.2) is 0 Å². The van der Waals surface area contributed by atoms with Crippen molar-refractivity contribution in [2.75, 3.05) is 0 Å². The molecular weight excluding hydrogens is 240 g/mol. The number of carbonyl (C=O) groups is 1. The molecule has 14 heavy (non-hydrogen) atoms. The fourth-order valence-corrected chi connectivity index (χ4v) is 2.70. The molecule has 0 saturated carbocycles. The van der Waals surface area contributed by atoms with Gasteiger partial charge in [-0.2, -0.15) is 0 Å². The van der Waals surface area contributed by atoms with E-state index >= 15 is 0 Å². The van der Waals surface area contributed by atoms with Gasteiger partial charge in [-0.15, -0.1) is 0 Å². The van der Waals surface area contributed by atoms with Crippen LogP contribution in [0, 0.1) is 19.8 Å². The summed E-state index contributed by atoms with van der Waals surface area (Å²) in [7, 11) is 0. The fourth-order valence-electron chi connectivity index (χ4n) is 2.01. The molecule has 2 heteroatoms. The SMILES string of the molecule is Cc1cc2c(c(Br)c1C)C[C@H](C)C2=O. The maximum Gasteiger partial charge on any atom is 0.166 e. The summed E-state index contributed by atoms with van der Waals surface area (Å²) in [6.45, 7) is 6.14. The maximum atomic E-state index is 11.8. The van der Waals surface area contributed by atoms with Gasteiger partial charge in [0, 0.05) is 16.0 Å². The Labute approximate surface area is 92.6 Å². The molecule has 2 rings (SSSR count). The number of aryl methyl sites for hydroxylation is 1. The van der Waals surface area contributed by atoms with Crippen LogP contribution in [0.2, 0.25) is 0 Å². The molecule has 0 amide bonds. The number of hydrogen-bond acceptors (Lipinski definition) is 1. The predicted octanol–water partition coefficient (Wildman–Crippen LogP) is 3.44. The lowest BCUT2D eigenvalue weighted by Crippen LogP contribution is -2.03. The van der Waals surface area contributed by atoms with Gasteiger partial charge in [0.25, 0.3) is 0 Å². The third kappa shape index (κ3) is 1.24. The number of carbonyl (C=O) groups excluding carboxylic acids is 1. The predicted molar refractivity (Wildman–Crippen MR) is 60.8 cm³/mol. The highest BCUT2D eigenvalue weighted by atomic mass is 79.9. The topological polar surface area (TPSA) is 17.1 Å². The van der Waals surface area contributed by atoms with E-state index in [0.29, 0.717) is 5.78 Å². The van der Waals surface area contributed by atoms with Crippen molar-refractivity contribution in [2.45, 2.75) is 27.2 Å². The van der Waals surface area contributed by atoms with Crippen molar-refractivity contribution in [1.82, 2.24) is 0 Å². The molecule has 0 spiro atoms. The van der Waals surface area contributed by atoms with E-state index in [0.717, 1.165) is 16.5 Å². The van der Waals surface area contributed by atoms with E-state index in [1.54, 1.807) is 0 Å². The molecule has 1 atom stereocenters. The number of fused-ring (bicyclic) bond motifs is 1. The Hall–Kier alpha value is -0.630. The largest absolute Gasteiger partial charge is 0.294 e. The van der Waals surface area contributed by atoms with Gasteiger partial charge in [0.15, 0.2) is 5.78 Å². The summed E-state index contributed by atoms with van der Waals surface area (Å²) < 4.78 is 1.13. The van der Waals surface area contributed by atoms with Gasteiger partial charge >= 0.3 is 0 Å². The van der Waals surface area contributed by atoms with Crippen LogP contribution >= 0.6 is 15.9 Å². The Kier molecular flexibility index (Phi) is 2.26. The quantitative estimate of drug-likeness (QED) is 0.692. The molecule has 0 saturated heterocycles. The highest BCUT2D eigenvalue weighted by Gasteiger charge is 2.29. The van der Waals surface area contributed by atoms with Crippen LogP contribution in [-0.2, 0) is 6.42 Å². The first-order valence-electron chi connectivity index (χ1n) is 4.85. The van der Waals surface area contributed by atoms with Crippen LogP contribution in [0.4, 0.5) is 0 Å². The van der Waals surface area contributed by atoms with Crippen LogP contribution in [0.25, 0.3) is 0 Å². The second kappa shape index (κ2) is 3.20. The Morgan fingerprint density at radius 1 is 1.43 bits per heavy atom. The first kappa shape index (κ1) is 9.91. The molecule has 0 unspecified atom stereocenters. The van der Waals surface area contributed by atoms with Crippen LogP contribution in [0.3, 0.4) is 0 Å². The summed E-state index contributed by atoms with van der Waals surface area (Å²) in [5, 5.41) is 0. The van der Waals surface area contributed by atoms with Crippen molar-refractivity contribution in [3.05, 3.63) is 32.8 Å². The van der Waals surface area contributed by atoms with Crippen molar-refractivity contribution in [3.63, 3.8) is 0 Å². The number of Topliss-reactive ketones (excluding diaryl/α,β-unsaturated/α-hetero) is 1. The zero-order valence-corrected chi connectivity index (χ0v) is 10.2. The Morgan fingerprint density at radius 3 is 2.71 bits per heavy atom. The third-order valence-electron chi connectivity index (χ3n) is 3.10. The average molecular weight is 253 g/mol. The van der Waals surface area contributed by atoms with Crippen molar-refractivity contribution < 1.29 is 4.79 Å². The minimum atomic E-state index is 0.155. The number of halogens is 1. The molecule has 0 heterocycles. The average Bonchev–Trinajstić information content (AvgIpc) is 2.42. The molecule has 1 aromatic rings. The lowest BCUT2D eigenvalue weighted by Gasteiger charge is -2.08. The Morgan fingerprint density at radius 2 is 2.07 bits per heavy atom. The van der Waals surface area contributed by atoms with E-state index in [2.05, 4.69) is 29.8 Å². The second-order valence-electron chi connectivity index (χ2n) is 4.13. The number of rotatable bonds is 0. The lowest BCUT2D eigenvalue weighted by atomic mass is 10.0. The van der Waals surface area contributed by atoms with Gasteiger partial charge in [-0.1, -0.05) is 22.9 Å². The minimum absolute atomic E-state index is 0.155. The molecule has 0 radical (unpaired) electrons. The Balaban J connectivity index is 2.70. The van der Waals surface area contributed by atoms with E-state index < -0.39 is 0 Å². The summed E-state index contributed by atoms with van der Waals surface area (Å²) >= 11 is 3.58. The van der Waals surface area contributed by atoms with E-state index in [1.165, 1.54) is 16.7 Å². The zero-order chi connectivity index (χ0) is 10.5. The third-order valence-corrected chi connectivity index (χ3v) is 4.17. The zero-order valence-electron chi connectivity index (χ0n) is 8.65. The molecule has 0 N–H and O–H groups in total. The first-order chi connectivity index (χ1) is 6.52. The molecule has 0 aromatic heterocycles. The van der Waals surface area contributed by atoms with Gasteiger partial charge in [0.2, 0.25) is 0 Å². The van der Waals surface area contributed by atoms with E-state index in [4.69, 9.17) is 0 Å². The van der Waals surface area contributed by atoms with Crippen molar-refractivity contribution in [3.8, 4) is 0 Å². The number of ketones is 1. The normalized spacial score (nSPS) is 20.0. The van der Waals surface area contributed by atoms with Gasteiger partial charge in [0.05, 0.1) is 0 Å². The van der Waals surface area contributed by atoms with Crippen LogP contribution in [0.15, 0.2) is 10.5 Å². The highest BCUT2D eigenvalue weighted by Crippen LogP contribution is 2.35. The Bertz CT molecular complexity index is 421. The van der Waals surface area contributed by atoms with Crippen LogP contribution in [0.1, 0.15) is 34.0 Å². The molecular formula is C12H13BrO. The fraction of sp³-hybridized carbons (Fsp3) is 0.417. The van der Waals surface area contributed by atoms with Crippen molar-refractivity contribution >= 4 is 21.7 Å². The van der Waals surface area contributed by atoms with Gasteiger partial charge in [0.1, 0.15) is 0 Å². The maximum absolute atomic E-state index is 11.8. The van der Waals surface area contributed by atoms with Gasteiger partial charge in [-0.3, -0.25) is 4.79 Å². The molecule has 1 nitrogen and oxygen atoms in total. The van der Waals surface area contributed by atoms with Crippen LogP contribution in [-0.4, -0.2) is 5.78 Å². The summed E-state index contributed by atoms with van der Waals surface area (Å²) in [6.07, 6.45) is 0.885. The van der Waals surface area contributed by atoms with E-state index in [1.807, 2.05) is 13.0 Å². The second-order valence-corrected chi connectivity index (χ2v) is 4.92. The smallest absolute Gasteiger partial charge is 0.166 e. The molecule has 0 fully saturated rings. The summed E-state index contributed by atoms with van der Waals surface area (Å²) in [5.74, 6) is 0.450. The summed E-state index contributed by atoms with van der Waals surface area (Å²) in [4.78, 5) is 11.8. The molecule has 0 bridgehead atoms. The minimum Gasteiger partial charge on any atom is -0.294 e. The standard InChI is InChI=1S/C12H13BrO/c1-6-4-10-9(11(13)8(6)3)5-7(2)12(10)14/h4,7H,5H2,1-3H3/t7-/m0/s1. The van der Waals surface area contributed by atoms with Crippen LogP contribution in [0.5, 0.6) is 0 Å². The monoisotopic (exact) mass is 252 g/mol. The first-order valence-corrected chi connectivity index (χ1v) is 5.64. The number of hydrogen-bond donors (Lipinski definition) is 0. The van der Waals surface area contributed by atoms with E-state index in [9.17, 15) is 4.79 Å².